The van der Waals surface area contributed by atoms with Crippen molar-refractivity contribution in [2.45, 2.75) is 36.6 Å². The zero-order valence-corrected chi connectivity index (χ0v) is 17.6. The third-order valence-corrected chi connectivity index (χ3v) is 7.32. The first-order valence-corrected chi connectivity index (χ1v) is 11.8. The summed E-state index contributed by atoms with van der Waals surface area (Å²) in [6.45, 7) is 2.98. The molecule has 0 aromatic heterocycles. The predicted molar refractivity (Wildman–Crippen MR) is 113 cm³/mol. The van der Waals surface area contributed by atoms with Gasteiger partial charge in [-0.3, -0.25) is 14.4 Å². The summed E-state index contributed by atoms with van der Waals surface area (Å²) in [6.07, 6.45) is 5.05. The van der Waals surface area contributed by atoms with Gasteiger partial charge in [0.1, 0.15) is 5.82 Å². The van der Waals surface area contributed by atoms with Crippen LogP contribution in [0.3, 0.4) is 0 Å². The molecule has 2 aromatic carbocycles. The average Bonchev–Trinajstić information content (AvgIpc) is 3.30. The molecule has 1 aliphatic carbocycles. The van der Waals surface area contributed by atoms with Gasteiger partial charge in [0.25, 0.3) is 15.9 Å². The summed E-state index contributed by atoms with van der Waals surface area (Å²) >= 11 is 0. The lowest BCUT2D eigenvalue weighted by molar-refractivity contribution is 0.0573. The number of hydrogen-bond acceptors (Lipinski definition) is 4. The SMILES string of the molecule is O=C(c1cccc(S(=O)(=O)Nc2ccccc2F)c1)N1CCN(C2CCCC2)CC1. The number of carbonyl (C=O) groups is 1. The van der Waals surface area contributed by atoms with Gasteiger partial charge in [0.15, 0.2) is 0 Å². The van der Waals surface area contributed by atoms with Crippen LogP contribution in [-0.2, 0) is 10.0 Å². The second kappa shape index (κ2) is 8.73. The maximum Gasteiger partial charge on any atom is 0.262 e. The van der Waals surface area contributed by atoms with Gasteiger partial charge in [-0.05, 0) is 43.2 Å². The van der Waals surface area contributed by atoms with E-state index in [4.69, 9.17) is 0 Å². The Kier molecular flexibility index (Phi) is 6.06. The lowest BCUT2D eigenvalue weighted by Gasteiger charge is -2.38. The normalized spacial score (nSPS) is 18.5. The first-order valence-electron chi connectivity index (χ1n) is 10.3. The molecule has 1 heterocycles. The van der Waals surface area contributed by atoms with Crippen LogP contribution in [0.15, 0.2) is 53.4 Å². The Balaban J connectivity index is 1.45. The van der Waals surface area contributed by atoms with Gasteiger partial charge in [-0.15, -0.1) is 0 Å². The Labute approximate surface area is 176 Å². The summed E-state index contributed by atoms with van der Waals surface area (Å²) < 4.78 is 41.5. The molecule has 4 rings (SSSR count). The smallest absolute Gasteiger partial charge is 0.262 e. The molecule has 30 heavy (non-hydrogen) atoms. The Morgan fingerprint density at radius 1 is 0.967 bits per heavy atom. The maximum atomic E-state index is 13.8. The van der Waals surface area contributed by atoms with Crippen LogP contribution in [0.25, 0.3) is 0 Å². The minimum absolute atomic E-state index is 0.0683. The highest BCUT2D eigenvalue weighted by Crippen LogP contribution is 2.25. The number of nitrogens with zero attached hydrogens (tertiary/aromatic N) is 2. The van der Waals surface area contributed by atoms with Gasteiger partial charge in [0.2, 0.25) is 0 Å². The number of halogens is 1. The molecular formula is C22H26FN3O3S. The number of benzene rings is 2. The zero-order valence-electron chi connectivity index (χ0n) is 16.8. The summed E-state index contributed by atoms with van der Waals surface area (Å²) in [7, 11) is -4.01. The lowest BCUT2D eigenvalue weighted by atomic mass is 10.1. The van der Waals surface area contributed by atoms with E-state index in [0.717, 1.165) is 13.1 Å². The molecule has 2 aromatic rings. The minimum atomic E-state index is -4.01. The van der Waals surface area contributed by atoms with Crippen molar-refractivity contribution in [3.8, 4) is 0 Å². The highest BCUT2D eigenvalue weighted by Gasteiger charge is 2.28. The van der Waals surface area contributed by atoms with Crippen LogP contribution in [0.4, 0.5) is 10.1 Å². The largest absolute Gasteiger partial charge is 0.336 e. The van der Waals surface area contributed by atoms with Crippen LogP contribution in [0.1, 0.15) is 36.0 Å². The van der Waals surface area contributed by atoms with Gasteiger partial charge >= 0.3 is 0 Å². The van der Waals surface area contributed by atoms with E-state index in [9.17, 15) is 17.6 Å². The fourth-order valence-electron chi connectivity index (χ4n) is 4.29. The molecule has 1 N–H and O–H groups in total. The first kappa shape index (κ1) is 20.8. The van der Waals surface area contributed by atoms with E-state index >= 15 is 0 Å². The number of rotatable bonds is 5. The van der Waals surface area contributed by atoms with Crippen molar-refractivity contribution in [2.24, 2.45) is 0 Å². The van der Waals surface area contributed by atoms with E-state index in [1.165, 1.54) is 62.1 Å². The Bertz CT molecular complexity index is 1010. The Morgan fingerprint density at radius 2 is 1.67 bits per heavy atom. The number of piperazine rings is 1. The van der Waals surface area contributed by atoms with Gasteiger partial charge in [-0.2, -0.15) is 0 Å². The standard InChI is InChI=1S/C22H26FN3O3S/c23-20-10-3-4-11-21(20)24-30(28,29)19-9-5-6-17(16-19)22(27)26-14-12-25(13-15-26)18-7-1-2-8-18/h3-6,9-11,16,18,24H,1-2,7-8,12-15H2. The van der Waals surface area contributed by atoms with Crippen molar-refractivity contribution in [3.63, 3.8) is 0 Å². The number of amides is 1. The lowest BCUT2D eigenvalue weighted by Crippen LogP contribution is -2.51. The molecule has 2 aliphatic rings. The Morgan fingerprint density at radius 3 is 2.37 bits per heavy atom. The van der Waals surface area contributed by atoms with Crippen LogP contribution in [0.5, 0.6) is 0 Å². The van der Waals surface area contributed by atoms with Crippen molar-refractivity contribution in [2.75, 3.05) is 30.9 Å². The van der Waals surface area contributed by atoms with Crippen molar-refractivity contribution >= 4 is 21.6 Å². The predicted octanol–water partition coefficient (Wildman–Crippen LogP) is 3.33. The van der Waals surface area contributed by atoms with Crippen LogP contribution in [0, 0.1) is 5.82 Å². The molecule has 0 atom stereocenters. The number of sulfonamides is 1. The molecule has 1 saturated carbocycles. The maximum absolute atomic E-state index is 13.8. The van der Waals surface area contributed by atoms with Crippen LogP contribution < -0.4 is 4.72 Å². The summed E-state index contributed by atoms with van der Waals surface area (Å²) in [5.74, 6) is -0.836. The van der Waals surface area contributed by atoms with E-state index in [0.29, 0.717) is 24.7 Å². The average molecular weight is 432 g/mol. The number of anilines is 1. The fraction of sp³-hybridized carbons (Fsp3) is 0.409. The van der Waals surface area contributed by atoms with Gasteiger partial charge < -0.3 is 4.90 Å². The second-order valence-corrected chi connectivity index (χ2v) is 9.56. The zero-order chi connectivity index (χ0) is 21.1. The molecule has 0 unspecified atom stereocenters. The number of hydrogen-bond donors (Lipinski definition) is 1. The molecule has 0 radical (unpaired) electrons. The minimum Gasteiger partial charge on any atom is -0.336 e. The van der Waals surface area contributed by atoms with Crippen LogP contribution in [-0.4, -0.2) is 56.3 Å². The van der Waals surface area contributed by atoms with E-state index < -0.39 is 15.8 Å². The number of para-hydroxylation sites is 1. The Hall–Kier alpha value is -2.45. The third-order valence-electron chi connectivity index (χ3n) is 5.95. The van der Waals surface area contributed by atoms with Gasteiger partial charge in [0.05, 0.1) is 10.6 Å². The molecule has 2 fully saturated rings. The summed E-state index contributed by atoms with van der Waals surface area (Å²) in [5, 5.41) is 0. The fourth-order valence-corrected chi connectivity index (χ4v) is 5.40. The van der Waals surface area contributed by atoms with Crippen molar-refractivity contribution in [1.29, 1.82) is 0 Å². The molecule has 0 spiro atoms. The first-order chi connectivity index (χ1) is 14.4. The highest BCUT2D eigenvalue weighted by molar-refractivity contribution is 7.92. The summed E-state index contributed by atoms with van der Waals surface area (Å²) in [6, 6.07) is 12.1. The van der Waals surface area contributed by atoms with Crippen LogP contribution >= 0.6 is 0 Å². The molecule has 160 valence electrons. The van der Waals surface area contributed by atoms with E-state index in [2.05, 4.69) is 9.62 Å². The molecule has 1 saturated heterocycles. The number of nitrogens with one attached hydrogen (secondary N) is 1. The second-order valence-electron chi connectivity index (χ2n) is 7.88. The molecule has 6 nitrogen and oxygen atoms in total. The van der Waals surface area contributed by atoms with Crippen LogP contribution in [0.2, 0.25) is 0 Å². The van der Waals surface area contributed by atoms with E-state index in [1.54, 1.807) is 17.0 Å². The van der Waals surface area contributed by atoms with Crippen molar-refractivity contribution in [3.05, 3.63) is 59.9 Å². The van der Waals surface area contributed by atoms with Crippen molar-refractivity contribution < 1.29 is 17.6 Å². The van der Waals surface area contributed by atoms with E-state index in [1.807, 2.05) is 0 Å². The van der Waals surface area contributed by atoms with E-state index in [-0.39, 0.29) is 16.5 Å². The topological polar surface area (TPSA) is 69.7 Å². The third kappa shape index (κ3) is 4.49. The molecule has 8 heteroatoms. The number of carbonyl (C=O) groups excluding carboxylic acids is 1. The monoisotopic (exact) mass is 431 g/mol. The molecular weight excluding hydrogens is 405 g/mol. The highest BCUT2D eigenvalue weighted by atomic mass is 32.2. The summed E-state index contributed by atoms with van der Waals surface area (Å²) in [4.78, 5) is 17.1. The van der Waals surface area contributed by atoms with Crippen molar-refractivity contribution in [1.82, 2.24) is 9.80 Å². The summed E-state index contributed by atoms with van der Waals surface area (Å²) in [5.41, 5.74) is 0.193. The molecule has 1 amide bonds. The molecule has 0 bridgehead atoms. The van der Waals surface area contributed by atoms with Gasteiger partial charge in [-0.1, -0.05) is 31.0 Å². The van der Waals surface area contributed by atoms with Gasteiger partial charge in [-0.25, -0.2) is 12.8 Å². The van der Waals surface area contributed by atoms with Gasteiger partial charge in [0, 0.05) is 37.8 Å². The molecule has 1 aliphatic heterocycles. The quantitative estimate of drug-likeness (QED) is 0.789.